The summed E-state index contributed by atoms with van der Waals surface area (Å²) in [6, 6.07) is 6.70. The Balaban J connectivity index is 1.47. The number of aryl methyl sites for hydroxylation is 1. The number of fused-ring (bicyclic) bond motifs is 1. The molecule has 0 amide bonds. The van der Waals surface area contributed by atoms with E-state index in [9.17, 15) is 13.6 Å². The zero-order valence-electron chi connectivity index (χ0n) is 18.1. The van der Waals surface area contributed by atoms with Crippen LogP contribution in [0.3, 0.4) is 0 Å². The lowest BCUT2D eigenvalue weighted by molar-refractivity contribution is 0.103. The van der Waals surface area contributed by atoms with E-state index in [0.717, 1.165) is 36.4 Å². The van der Waals surface area contributed by atoms with E-state index in [1.54, 1.807) is 19.1 Å². The van der Waals surface area contributed by atoms with Crippen LogP contribution in [0.15, 0.2) is 47.8 Å². The van der Waals surface area contributed by atoms with Crippen LogP contribution in [-0.4, -0.2) is 27.3 Å². The summed E-state index contributed by atoms with van der Waals surface area (Å²) in [6.07, 6.45) is 4.98. The number of hydrogen-bond acceptors (Lipinski definition) is 6. The van der Waals surface area contributed by atoms with Crippen LogP contribution in [0.25, 0.3) is 11.0 Å². The third-order valence-electron chi connectivity index (χ3n) is 5.65. The van der Waals surface area contributed by atoms with Gasteiger partial charge in [0.1, 0.15) is 29.4 Å². The van der Waals surface area contributed by atoms with Crippen molar-refractivity contribution in [2.24, 2.45) is 5.92 Å². The summed E-state index contributed by atoms with van der Waals surface area (Å²) >= 11 is 0.837. The molecule has 2 heterocycles. The summed E-state index contributed by atoms with van der Waals surface area (Å²) in [6.45, 7) is 2.50. The molecular formula is C24H20F3N5OS. The molecule has 0 atom stereocenters. The minimum atomic E-state index is -1.07. The molecule has 1 aliphatic carbocycles. The number of carbonyl (C=O) groups is 1. The van der Waals surface area contributed by atoms with Gasteiger partial charge in [0.15, 0.2) is 5.82 Å². The van der Waals surface area contributed by atoms with Gasteiger partial charge in [-0.15, -0.1) is 0 Å². The molecule has 2 aromatic heterocycles. The van der Waals surface area contributed by atoms with E-state index >= 15 is 4.39 Å². The Kier molecular flexibility index (Phi) is 5.91. The Morgan fingerprint density at radius 3 is 2.74 bits per heavy atom. The molecule has 4 aromatic rings. The zero-order chi connectivity index (χ0) is 23.8. The standard InChI is InChI=1S/C24H20F3N5OS/c1-12-2-5-15(25)18(8-12)34-32-17-7-6-16(26)20(21(17)27)22(33)14-10-29-24-19(14)23(30-11-31-24)28-9-13-3-4-13/h2,5-8,10-11,13,32H,3-4,9H2,1H3,(H2,28,29,30,31). The van der Waals surface area contributed by atoms with Crippen molar-refractivity contribution in [2.45, 2.75) is 24.7 Å². The number of ketones is 1. The number of rotatable bonds is 8. The highest BCUT2D eigenvalue weighted by molar-refractivity contribution is 8.00. The van der Waals surface area contributed by atoms with E-state index in [4.69, 9.17) is 0 Å². The summed E-state index contributed by atoms with van der Waals surface area (Å²) in [5.74, 6) is -2.41. The molecule has 5 rings (SSSR count). The number of benzene rings is 2. The fourth-order valence-corrected chi connectivity index (χ4v) is 4.40. The first-order valence-corrected chi connectivity index (χ1v) is 11.5. The second kappa shape index (κ2) is 9.02. The van der Waals surface area contributed by atoms with Gasteiger partial charge in [-0.25, -0.2) is 23.1 Å². The van der Waals surface area contributed by atoms with Crippen molar-refractivity contribution in [3.63, 3.8) is 0 Å². The average molecular weight is 484 g/mol. The summed E-state index contributed by atoms with van der Waals surface area (Å²) in [5, 5.41) is 3.59. The number of halogens is 3. The van der Waals surface area contributed by atoms with Gasteiger partial charge in [-0.2, -0.15) is 0 Å². The molecule has 10 heteroatoms. The Labute approximate surface area is 197 Å². The smallest absolute Gasteiger partial charge is 0.201 e. The highest BCUT2D eigenvalue weighted by Crippen LogP contribution is 2.33. The quantitative estimate of drug-likeness (QED) is 0.215. The Bertz CT molecular complexity index is 1400. The predicted octanol–water partition coefficient (Wildman–Crippen LogP) is 5.86. The lowest BCUT2D eigenvalue weighted by Gasteiger charge is -2.12. The van der Waals surface area contributed by atoms with Crippen LogP contribution >= 0.6 is 11.9 Å². The van der Waals surface area contributed by atoms with Crippen molar-refractivity contribution < 1.29 is 18.0 Å². The number of anilines is 2. The van der Waals surface area contributed by atoms with Crippen LogP contribution in [0.2, 0.25) is 0 Å². The number of nitrogens with zero attached hydrogens (tertiary/aromatic N) is 2. The molecule has 0 aliphatic heterocycles. The first-order chi connectivity index (χ1) is 16.4. The Morgan fingerprint density at radius 2 is 1.94 bits per heavy atom. The topological polar surface area (TPSA) is 82.7 Å². The molecule has 6 nitrogen and oxygen atoms in total. The van der Waals surface area contributed by atoms with Crippen LogP contribution < -0.4 is 10.0 Å². The monoisotopic (exact) mass is 483 g/mol. The largest absolute Gasteiger partial charge is 0.369 e. The van der Waals surface area contributed by atoms with Crippen LogP contribution in [-0.2, 0) is 0 Å². The number of carbonyl (C=O) groups excluding carboxylic acids is 1. The maximum Gasteiger partial charge on any atom is 0.201 e. The maximum absolute atomic E-state index is 15.3. The van der Waals surface area contributed by atoms with Gasteiger partial charge < -0.3 is 15.0 Å². The number of aromatic amines is 1. The van der Waals surface area contributed by atoms with Gasteiger partial charge in [0.2, 0.25) is 5.78 Å². The second-order valence-corrected chi connectivity index (χ2v) is 9.07. The van der Waals surface area contributed by atoms with E-state index in [2.05, 4.69) is 25.0 Å². The lowest BCUT2D eigenvalue weighted by atomic mass is 10.0. The van der Waals surface area contributed by atoms with E-state index in [0.29, 0.717) is 29.3 Å². The molecule has 0 spiro atoms. The Hall–Kier alpha value is -3.53. The zero-order valence-corrected chi connectivity index (χ0v) is 18.9. The average Bonchev–Trinajstić information content (AvgIpc) is 3.55. The summed E-state index contributed by atoms with van der Waals surface area (Å²) in [4.78, 5) is 24.8. The van der Waals surface area contributed by atoms with E-state index in [1.807, 2.05) is 0 Å². The molecule has 1 aliphatic rings. The summed E-state index contributed by atoms with van der Waals surface area (Å²) in [5.41, 5.74) is 0.416. The molecule has 1 fully saturated rings. The first-order valence-electron chi connectivity index (χ1n) is 10.7. The summed E-state index contributed by atoms with van der Waals surface area (Å²) in [7, 11) is 0. The van der Waals surface area contributed by atoms with Crippen LogP contribution in [0.1, 0.15) is 34.3 Å². The van der Waals surface area contributed by atoms with Crippen LogP contribution in [0.5, 0.6) is 0 Å². The van der Waals surface area contributed by atoms with E-state index in [-0.39, 0.29) is 16.1 Å². The molecular weight excluding hydrogens is 463 g/mol. The fourth-order valence-electron chi connectivity index (χ4n) is 3.61. The van der Waals surface area contributed by atoms with Crippen molar-refractivity contribution >= 4 is 40.3 Å². The molecule has 0 radical (unpaired) electrons. The van der Waals surface area contributed by atoms with E-state index < -0.39 is 28.8 Å². The third kappa shape index (κ3) is 4.33. The van der Waals surface area contributed by atoms with Gasteiger partial charge in [0, 0.05) is 12.7 Å². The maximum atomic E-state index is 15.3. The van der Waals surface area contributed by atoms with Gasteiger partial charge >= 0.3 is 0 Å². The normalized spacial score (nSPS) is 13.3. The van der Waals surface area contributed by atoms with Crippen molar-refractivity contribution in [3.8, 4) is 0 Å². The minimum absolute atomic E-state index is 0.0567. The number of nitrogens with one attached hydrogen (secondary N) is 3. The molecule has 2 aromatic carbocycles. The van der Waals surface area contributed by atoms with Gasteiger partial charge in [0.25, 0.3) is 0 Å². The second-order valence-electron chi connectivity index (χ2n) is 8.22. The van der Waals surface area contributed by atoms with Gasteiger partial charge in [0.05, 0.1) is 27.1 Å². The predicted molar refractivity (Wildman–Crippen MR) is 126 cm³/mol. The molecule has 34 heavy (non-hydrogen) atoms. The third-order valence-corrected chi connectivity index (χ3v) is 6.50. The molecule has 0 bridgehead atoms. The van der Waals surface area contributed by atoms with Crippen molar-refractivity contribution in [2.75, 3.05) is 16.6 Å². The minimum Gasteiger partial charge on any atom is -0.369 e. The molecule has 174 valence electrons. The Morgan fingerprint density at radius 1 is 1.15 bits per heavy atom. The lowest BCUT2D eigenvalue weighted by Crippen LogP contribution is -2.11. The van der Waals surface area contributed by atoms with Gasteiger partial charge in [-0.05, 0) is 67.5 Å². The number of H-pyrrole nitrogens is 1. The van der Waals surface area contributed by atoms with Gasteiger partial charge in [-0.1, -0.05) is 6.07 Å². The van der Waals surface area contributed by atoms with Gasteiger partial charge in [-0.3, -0.25) is 4.79 Å². The number of aromatic nitrogens is 3. The fraction of sp³-hybridized carbons (Fsp3) is 0.208. The van der Waals surface area contributed by atoms with Crippen molar-refractivity contribution in [1.29, 1.82) is 0 Å². The molecule has 0 saturated heterocycles. The van der Waals surface area contributed by atoms with Crippen molar-refractivity contribution in [1.82, 2.24) is 15.0 Å². The van der Waals surface area contributed by atoms with Crippen molar-refractivity contribution in [3.05, 3.63) is 77.0 Å². The van der Waals surface area contributed by atoms with Crippen LogP contribution in [0.4, 0.5) is 24.7 Å². The van der Waals surface area contributed by atoms with E-state index in [1.165, 1.54) is 24.7 Å². The molecule has 1 saturated carbocycles. The SMILES string of the molecule is Cc1ccc(F)c(SNc2ccc(F)c(C(=O)c3c[nH]c4ncnc(NCC5CC5)c34)c2F)c1. The molecule has 0 unspecified atom stereocenters. The first kappa shape index (κ1) is 22.3. The molecule has 3 N–H and O–H groups in total. The highest BCUT2D eigenvalue weighted by Gasteiger charge is 2.27. The number of hydrogen-bond donors (Lipinski definition) is 3. The highest BCUT2D eigenvalue weighted by atomic mass is 32.2. The summed E-state index contributed by atoms with van der Waals surface area (Å²) < 4.78 is 46.8. The van der Waals surface area contributed by atoms with Crippen LogP contribution in [0, 0.1) is 30.3 Å².